The van der Waals surface area contributed by atoms with Crippen LogP contribution in [0.2, 0.25) is 0 Å². The van der Waals surface area contributed by atoms with Crippen molar-refractivity contribution in [2.24, 2.45) is 17.8 Å². The number of amides is 1. The molecular formula is C22H25N3OS. The highest BCUT2D eigenvalue weighted by Gasteiger charge is 2.42. The van der Waals surface area contributed by atoms with Gasteiger partial charge in [0.1, 0.15) is 4.83 Å². The Balaban J connectivity index is 1.39. The Morgan fingerprint density at radius 3 is 2.78 bits per heavy atom. The average Bonchev–Trinajstić information content (AvgIpc) is 3.44. The molecule has 1 amide bonds. The summed E-state index contributed by atoms with van der Waals surface area (Å²) in [5, 5.41) is 9.03. The molecule has 1 aromatic carbocycles. The zero-order chi connectivity index (χ0) is 18.5. The van der Waals surface area contributed by atoms with Crippen LogP contribution in [0, 0.1) is 24.7 Å². The summed E-state index contributed by atoms with van der Waals surface area (Å²) in [6.07, 6.45) is 5.42. The van der Waals surface area contributed by atoms with E-state index in [1.807, 2.05) is 48.0 Å². The molecule has 5 rings (SSSR count). The van der Waals surface area contributed by atoms with Crippen molar-refractivity contribution in [2.45, 2.75) is 45.6 Å². The third-order valence-electron chi connectivity index (χ3n) is 6.56. The lowest BCUT2D eigenvalue weighted by Gasteiger charge is -2.28. The summed E-state index contributed by atoms with van der Waals surface area (Å²) < 4.78 is 1.95. The van der Waals surface area contributed by atoms with E-state index in [1.54, 1.807) is 0 Å². The zero-order valence-electron chi connectivity index (χ0n) is 15.8. The summed E-state index contributed by atoms with van der Waals surface area (Å²) in [5.74, 6) is 2.44. The van der Waals surface area contributed by atoms with Crippen molar-refractivity contribution in [1.82, 2.24) is 15.1 Å². The first kappa shape index (κ1) is 17.0. The van der Waals surface area contributed by atoms with Gasteiger partial charge in [0.2, 0.25) is 0 Å². The number of hydrogen-bond donors (Lipinski definition) is 1. The number of nitrogens with one attached hydrogen (secondary N) is 1. The lowest BCUT2D eigenvalue weighted by atomic mass is 9.84. The van der Waals surface area contributed by atoms with E-state index < -0.39 is 0 Å². The van der Waals surface area contributed by atoms with E-state index in [0.29, 0.717) is 5.92 Å². The van der Waals surface area contributed by atoms with E-state index in [4.69, 9.17) is 0 Å². The molecule has 4 nitrogen and oxygen atoms in total. The van der Waals surface area contributed by atoms with Gasteiger partial charge in [-0.2, -0.15) is 5.10 Å². The number of aromatic nitrogens is 2. The minimum absolute atomic E-state index is 0.0606. The van der Waals surface area contributed by atoms with Crippen molar-refractivity contribution in [2.75, 3.05) is 0 Å². The average molecular weight is 380 g/mol. The van der Waals surface area contributed by atoms with Crippen molar-refractivity contribution in [1.29, 1.82) is 0 Å². The molecule has 140 valence electrons. The lowest BCUT2D eigenvalue weighted by Crippen LogP contribution is -2.39. The normalized spacial score (nSPS) is 25.2. The van der Waals surface area contributed by atoms with Gasteiger partial charge in [0, 0.05) is 11.4 Å². The van der Waals surface area contributed by atoms with E-state index in [1.165, 1.54) is 37.0 Å². The number of rotatable bonds is 4. The number of fused-ring (bicyclic) bond motifs is 3. The van der Waals surface area contributed by atoms with Gasteiger partial charge >= 0.3 is 0 Å². The molecule has 2 saturated carbocycles. The zero-order valence-corrected chi connectivity index (χ0v) is 16.6. The number of hydrogen-bond acceptors (Lipinski definition) is 3. The quantitative estimate of drug-likeness (QED) is 0.697. The van der Waals surface area contributed by atoms with Crippen LogP contribution >= 0.6 is 11.3 Å². The van der Waals surface area contributed by atoms with Crippen molar-refractivity contribution in [3.05, 3.63) is 47.0 Å². The Morgan fingerprint density at radius 2 is 2.07 bits per heavy atom. The highest BCUT2D eigenvalue weighted by atomic mass is 32.1. The molecule has 2 aromatic heterocycles. The largest absolute Gasteiger partial charge is 0.349 e. The summed E-state index contributed by atoms with van der Waals surface area (Å²) in [5.41, 5.74) is 1.99. The van der Waals surface area contributed by atoms with Crippen LogP contribution in [-0.4, -0.2) is 21.7 Å². The Labute approximate surface area is 163 Å². The van der Waals surface area contributed by atoms with Gasteiger partial charge in [0.25, 0.3) is 5.91 Å². The summed E-state index contributed by atoms with van der Waals surface area (Å²) >= 11 is 1.54. The minimum atomic E-state index is 0.0606. The van der Waals surface area contributed by atoms with Crippen molar-refractivity contribution >= 4 is 27.5 Å². The van der Waals surface area contributed by atoms with Gasteiger partial charge in [-0.1, -0.05) is 24.6 Å². The SMILES string of the molecule is Cc1nn(-c2ccccc2)c2sc(C(=O)N[C@H](C)[C@@H]3C[C@@H]4CC[C@@H]3C4)cc12. The van der Waals surface area contributed by atoms with Crippen LogP contribution in [0.15, 0.2) is 36.4 Å². The van der Waals surface area contributed by atoms with Gasteiger partial charge in [-0.15, -0.1) is 11.3 Å². The van der Waals surface area contributed by atoms with Gasteiger partial charge in [-0.05, 0) is 69.1 Å². The van der Waals surface area contributed by atoms with Crippen molar-refractivity contribution in [3.8, 4) is 5.69 Å². The Kier molecular flexibility index (Phi) is 4.08. The summed E-state index contributed by atoms with van der Waals surface area (Å²) in [6.45, 7) is 4.20. The number of carbonyl (C=O) groups excluding carboxylic acids is 1. The highest BCUT2D eigenvalue weighted by molar-refractivity contribution is 7.20. The first-order chi connectivity index (χ1) is 13.1. The lowest BCUT2D eigenvalue weighted by molar-refractivity contribution is 0.0919. The maximum atomic E-state index is 12.9. The van der Waals surface area contributed by atoms with Crippen LogP contribution in [0.3, 0.4) is 0 Å². The molecule has 2 fully saturated rings. The van der Waals surface area contributed by atoms with E-state index in [2.05, 4.69) is 17.3 Å². The second-order valence-electron chi connectivity index (χ2n) is 8.26. The third-order valence-corrected chi connectivity index (χ3v) is 7.67. The molecule has 27 heavy (non-hydrogen) atoms. The molecular weight excluding hydrogens is 354 g/mol. The molecule has 0 aliphatic heterocycles. The summed E-state index contributed by atoms with van der Waals surface area (Å²) in [7, 11) is 0. The van der Waals surface area contributed by atoms with Crippen LogP contribution in [0.25, 0.3) is 15.9 Å². The Hall–Kier alpha value is -2.14. The monoisotopic (exact) mass is 379 g/mol. The van der Waals surface area contributed by atoms with Crippen LogP contribution in [0.1, 0.15) is 48.0 Å². The van der Waals surface area contributed by atoms with Crippen LogP contribution in [-0.2, 0) is 0 Å². The Morgan fingerprint density at radius 1 is 1.26 bits per heavy atom. The molecule has 5 heteroatoms. The minimum Gasteiger partial charge on any atom is -0.349 e. The molecule has 2 aliphatic carbocycles. The van der Waals surface area contributed by atoms with Crippen LogP contribution in [0.5, 0.6) is 0 Å². The molecule has 0 saturated heterocycles. The number of nitrogens with zero attached hydrogens (tertiary/aromatic N) is 2. The van der Waals surface area contributed by atoms with Crippen LogP contribution < -0.4 is 5.32 Å². The molecule has 2 aliphatic rings. The maximum absolute atomic E-state index is 12.9. The van der Waals surface area contributed by atoms with Crippen molar-refractivity contribution < 1.29 is 4.79 Å². The molecule has 4 atom stereocenters. The van der Waals surface area contributed by atoms with Gasteiger partial charge in [-0.3, -0.25) is 4.79 Å². The van der Waals surface area contributed by atoms with Gasteiger partial charge in [0.15, 0.2) is 0 Å². The summed E-state index contributed by atoms with van der Waals surface area (Å²) in [4.78, 5) is 14.7. The fourth-order valence-corrected chi connectivity index (χ4v) is 6.28. The number of thiophene rings is 1. The summed E-state index contributed by atoms with van der Waals surface area (Å²) in [6, 6.07) is 12.4. The molecule has 0 radical (unpaired) electrons. The van der Waals surface area contributed by atoms with Gasteiger partial charge in [-0.25, -0.2) is 4.68 Å². The standard InChI is InChI=1S/C22H25N3OS/c1-13(18-11-15-8-9-16(18)10-15)23-21(26)20-12-19-14(2)24-25(22(19)27-20)17-6-4-3-5-7-17/h3-7,12-13,15-16,18H,8-11H2,1-2H3,(H,23,26)/t13-,15-,16-,18+/m1/s1. The van der Waals surface area contributed by atoms with Gasteiger partial charge < -0.3 is 5.32 Å². The van der Waals surface area contributed by atoms with Crippen LogP contribution in [0.4, 0.5) is 0 Å². The molecule has 0 unspecified atom stereocenters. The fourth-order valence-electron chi connectivity index (χ4n) is 5.19. The topological polar surface area (TPSA) is 46.9 Å². The predicted octanol–water partition coefficient (Wildman–Crippen LogP) is 4.95. The number of para-hydroxylation sites is 1. The van der Waals surface area contributed by atoms with E-state index in [0.717, 1.165) is 38.3 Å². The number of carbonyl (C=O) groups is 1. The first-order valence-electron chi connectivity index (χ1n) is 9.95. The number of aryl methyl sites for hydroxylation is 1. The maximum Gasteiger partial charge on any atom is 0.261 e. The molecule has 1 N–H and O–H groups in total. The second-order valence-corrected chi connectivity index (χ2v) is 9.29. The molecule has 0 spiro atoms. The first-order valence-corrected chi connectivity index (χ1v) is 10.8. The third kappa shape index (κ3) is 2.89. The van der Waals surface area contributed by atoms with E-state index >= 15 is 0 Å². The number of benzene rings is 1. The van der Waals surface area contributed by atoms with Crippen molar-refractivity contribution in [3.63, 3.8) is 0 Å². The highest BCUT2D eigenvalue weighted by Crippen LogP contribution is 2.49. The van der Waals surface area contributed by atoms with E-state index in [-0.39, 0.29) is 11.9 Å². The fraction of sp³-hybridized carbons (Fsp3) is 0.455. The smallest absolute Gasteiger partial charge is 0.261 e. The van der Waals surface area contributed by atoms with Gasteiger partial charge in [0.05, 0.1) is 16.3 Å². The molecule has 2 heterocycles. The van der Waals surface area contributed by atoms with E-state index in [9.17, 15) is 4.79 Å². The molecule has 2 bridgehead atoms. The second kappa shape index (κ2) is 6.48. The molecule has 3 aromatic rings. The predicted molar refractivity (Wildman–Crippen MR) is 110 cm³/mol. The Bertz CT molecular complexity index is 990.